The Hall–Kier alpha value is -1.44. The molecule has 1 nitrogen and oxygen atoms in total. The van der Waals surface area contributed by atoms with Crippen LogP contribution in [0.15, 0.2) is 30.9 Å². The second-order valence-electron chi connectivity index (χ2n) is 2.69. The summed E-state index contributed by atoms with van der Waals surface area (Å²) in [7, 11) is 0. The zero-order valence-corrected chi connectivity index (χ0v) is 7.51. The lowest BCUT2D eigenvalue weighted by Gasteiger charge is -2.04. The molecular weight excluding hydrogens is 167 g/mol. The van der Waals surface area contributed by atoms with E-state index in [0.717, 1.165) is 0 Å². The van der Waals surface area contributed by atoms with Gasteiger partial charge in [-0.25, -0.2) is 4.39 Å². The fourth-order valence-corrected chi connectivity index (χ4v) is 1.26. The number of rotatable bonds is 3. The SMILES string of the molecule is C=CC(=O)c1cccc(F)c1CC.[HH]. The van der Waals surface area contributed by atoms with Crippen LogP contribution in [0.3, 0.4) is 0 Å². The van der Waals surface area contributed by atoms with E-state index in [9.17, 15) is 9.18 Å². The number of carbonyl (C=O) groups excluding carboxylic acids is 1. The van der Waals surface area contributed by atoms with Crippen LogP contribution in [0.2, 0.25) is 0 Å². The van der Waals surface area contributed by atoms with Crippen molar-refractivity contribution in [3.8, 4) is 0 Å². The molecule has 0 amide bonds. The Bertz CT molecular complexity index is 347. The molecule has 0 N–H and O–H groups in total. The molecule has 2 heteroatoms. The molecule has 70 valence electrons. The first-order valence-electron chi connectivity index (χ1n) is 4.14. The molecule has 0 heterocycles. The Morgan fingerprint density at radius 1 is 1.69 bits per heavy atom. The third-order valence-corrected chi connectivity index (χ3v) is 1.92. The van der Waals surface area contributed by atoms with Crippen molar-refractivity contribution in [2.45, 2.75) is 13.3 Å². The molecule has 0 aromatic heterocycles. The minimum atomic E-state index is -0.324. The first-order valence-corrected chi connectivity index (χ1v) is 4.14. The first kappa shape index (κ1) is 9.65. The average molecular weight is 180 g/mol. The van der Waals surface area contributed by atoms with Crippen LogP contribution < -0.4 is 0 Å². The molecular formula is C11H13FO. The third kappa shape index (κ3) is 1.83. The summed E-state index contributed by atoms with van der Waals surface area (Å²) in [5, 5.41) is 0. The second-order valence-corrected chi connectivity index (χ2v) is 2.69. The second kappa shape index (κ2) is 3.99. The van der Waals surface area contributed by atoms with Gasteiger partial charge in [-0.05, 0) is 24.1 Å². The Kier molecular flexibility index (Phi) is 2.96. The van der Waals surface area contributed by atoms with Gasteiger partial charge in [0.1, 0.15) is 5.82 Å². The Morgan fingerprint density at radius 2 is 2.38 bits per heavy atom. The van der Waals surface area contributed by atoms with E-state index in [1.54, 1.807) is 6.07 Å². The van der Waals surface area contributed by atoms with Gasteiger partial charge in [-0.1, -0.05) is 25.6 Å². The van der Waals surface area contributed by atoms with Crippen molar-refractivity contribution in [3.05, 3.63) is 47.8 Å². The van der Waals surface area contributed by atoms with Gasteiger partial charge >= 0.3 is 0 Å². The van der Waals surface area contributed by atoms with Gasteiger partial charge in [-0.2, -0.15) is 0 Å². The van der Waals surface area contributed by atoms with Gasteiger partial charge in [-0.15, -0.1) is 0 Å². The Labute approximate surface area is 78.4 Å². The first-order chi connectivity index (χ1) is 6.20. The van der Waals surface area contributed by atoms with E-state index in [1.165, 1.54) is 18.2 Å². The standard InChI is InChI=1S/C11H11FO.H2/c1-3-8-9(11(13)4-2)6-5-7-10(8)12;/h4-7H,2-3H2,1H3;1H. The normalized spacial score (nSPS) is 9.69. The van der Waals surface area contributed by atoms with Crippen molar-refractivity contribution in [1.29, 1.82) is 0 Å². The van der Waals surface area contributed by atoms with Crippen molar-refractivity contribution in [3.63, 3.8) is 0 Å². The highest BCUT2D eigenvalue weighted by Gasteiger charge is 2.10. The van der Waals surface area contributed by atoms with Gasteiger partial charge < -0.3 is 0 Å². The minimum Gasteiger partial charge on any atom is -0.289 e. The highest BCUT2D eigenvalue weighted by Crippen LogP contribution is 2.14. The number of hydrogen-bond donors (Lipinski definition) is 0. The van der Waals surface area contributed by atoms with Gasteiger partial charge in [0.15, 0.2) is 5.78 Å². The van der Waals surface area contributed by atoms with Gasteiger partial charge in [0.25, 0.3) is 0 Å². The quantitative estimate of drug-likeness (QED) is 0.516. The minimum absolute atomic E-state index is 0. The molecule has 13 heavy (non-hydrogen) atoms. The molecule has 0 spiro atoms. The number of halogens is 1. The largest absolute Gasteiger partial charge is 0.289 e. The summed E-state index contributed by atoms with van der Waals surface area (Å²) in [5.74, 6) is -0.549. The van der Waals surface area contributed by atoms with Gasteiger partial charge in [-0.3, -0.25) is 4.79 Å². The molecule has 0 fully saturated rings. The van der Waals surface area contributed by atoms with Gasteiger partial charge in [0, 0.05) is 6.99 Å². The molecule has 0 bridgehead atoms. The maximum Gasteiger partial charge on any atom is 0.185 e. The molecule has 0 radical (unpaired) electrons. The van der Waals surface area contributed by atoms with Crippen molar-refractivity contribution in [2.75, 3.05) is 0 Å². The summed E-state index contributed by atoms with van der Waals surface area (Å²) in [6.07, 6.45) is 1.72. The molecule has 0 atom stereocenters. The third-order valence-electron chi connectivity index (χ3n) is 1.92. The lowest BCUT2D eigenvalue weighted by Crippen LogP contribution is -2.02. The molecule has 0 saturated heterocycles. The molecule has 1 aromatic carbocycles. The number of hydrogen-bond acceptors (Lipinski definition) is 1. The predicted octanol–water partition coefficient (Wildman–Crippen LogP) is 3.00. The van der Waals surface area contributed by atoms with E-state index in [2.05, 4.69) is 6.58 Å². The number of benzene rings is 1. The van der Waals surface area contributed by atoms with Crippen LogP contribution in [0.1, 0.15) is 24.3 Å². The zero-order chi connectivity index (χ0) is 9.84. The number of allylic oxidation sites excluding steroid dienone is 1. The fraction of sp³-hybridized carbons (Fsp3) is 0.182. The van der Waals surface area contributed by atoms with E-state index in [-0.39, 0.29) is 13.0 Å². The molecule has 1 aromatic rings. The summed E-state index contributed by atoms with van der Waals surface area (Å²) >= 11 is 0. The van der Waals surface area contributed by atoms with E-state index in [4.69, 9.17) is 0 Å². The van der Waals surface area contributed by atoms with Crippen molar-refractivity contribution in [1.82, 2.24) is 0 Å². The summed E-state index contributed by atoms with van der Waals surface area (Å²) in [5.41, 5.74) is 0.880. The maximum atomic E-state index is 13.2. The van der Waals surface area contributed by atoms with E-state index in [0.29, 0.717) is 17.5 Å². The summed E-state index contributed by atoms with van der Waals surface area (Å²) in [6, 6.07) is 4.51. The molecule has 0 aliphatic carbocycles. The van der Waals surface area contributed by atoms with Crippen LogP contribution in [0.25, 0.3) is 0 Å². The van der Waals surface area contributed by atoms with E-state index < -0.39 is 0 Å². The molecule has 0 unspecified atom stereocenters. The highest BCUT2D eigenvalue weighted by atomic mass is 19.1. The van der Waals surface area contributed by atoms with Crippen molar-refractivity contribution >= 4 is 5.78 Å². The molecule has 1 rings (SSSR count). The highest BCUT2D eigenvalue weighted by molar-refractivity contribution is 6.05. The summed E-state index contributed by atoms with van der Waals surface area (Å²) in [4.78, 5) is 11.3. The van der Waals surface area contributed by atoms with Crippen LogP contribution >= 0.6 is 0 Å². The van der Waals surface area contributed by atoms with Crippen LogP contribution in [0.4, 0.5) is 4.39 Å². The Balaban J connectivity index is 0.00000169. The van der Waals surface area contributed by atoms with Gasteiger partial charge in [0.2, 0.25) is 0 Å². The van der Waals surface area contributed by atoms with Crippen molar-refractivity contribution in [2.24, 2.45) is 0 Å². The van der Waals surface area contributed by atoms with Crippen LogP contribution in [-0.2, 0) is 6.42 Å². The lowest BCUT2D eigenvalue weighted by atomic mass is 10.0. The summed E-state index contributed by atoms with van der Waals surface area (Å²) < 4.78 is 13.2. The maximum absolute atomic E-state index is 13.2. The molecule has 0 saturated carbocycles. The topological polar surface area (TPSA) is 17.1 Å². The Morgan fingerprint density at radius 3 is 2.92 bits per heavy atom. The molecule has 0 aliphatic rings. The fourth-order valence-electron chi connectivity index (χ4n) is 1.26. The lowest BCUT2D eigenvalue weighted by molar-refractivity contribution is 0.104. The van der Waals surface area contributed by atoms with E-state index >= 15 is 0 Å². The molecule has 0 aliphatic heterocycles. The number of ketones is 1. The summed E-state index contributed by atoms with van der Waals surface area (Å²) in [6.45, 7) is 5.19. The predicted molar refractivity (Wildman–Crippen MR) is 52.4 cm³/mol. The zero-order valence-electron chi connectivity index (χ0n) is 7.51. The van der Waals surface area contributed by atoms with Crippen LogP contribution in [0, 0.1) is 5.82 Å². The smallest absolute Gasteiger partial charge is 0.185 e. The van der Waals surface area contributed by atoms with Crippen LogP contribution in [-0.4, -0.2) is 5.78 Å². The monoisotopic (exact) mass is 180 g/mol. The van der Waals surface area contributed by atoms with Crippen molar-refractivity contribution < 1.29 is 10.6 Å². The number of carbonyl (C=O) groups is 1. The van der Waals surface area contributed by atoms with E-state index in [1.807, 2.05) is 6.92 Å². The van der Waals surface area contributed by atoms with Gasteiger partial charge in [0.05, 0.1) is 0 Å². The average Bonchev–Trinajstić information content (AvgIpc) is 2.16. The van der Waals surface area contributed by atoms with Crippen LogP contribution in [0.5, 0.6) is 0 Å².